The van der Waals surface area contributed by atoms with Crippen LogP contribution in [0.5, 0.6) is 0 Å². The van der Waals surface area contributed by atoms with Crippen LogP contribution in [-0.2, 0) is 4.79 Å². The minimum atomic E-state index is -0.366. The smallest absolute Gasteiger partial charge is 0.250 e. The Hall–Kier alpha value is -2.08. The van der Waals surface area contributed by atoms with Crippen molar-refractivity contribution < 1.29 is 9.18 Å². The quantitative estimate of drug-likeness (QED) is 0.878. The van der Waals surface area contributed by atoms with Crippen molar-refractivity contribution >= 4 is 28.5 Å². The number of benzene rings is 1. The Morgan fingerprint density at radius 3 is 2.75 bits per heavy atom. The maximum Gasteiger partial charge on any atom is 0.250 e. The molecule has 0 saturated carbocycles. The average Bonchev–Trinajstić information content (AvgIpc) is 2.86. The van der Waals surface area contributed by atoms with Gasteiger partial charge in [-0.2, -0.15) is 0 Å². The van der Waals surface area contributed by atoms with Crippen molar-refractivity contribution in [3.63, 3.8) is 0 Å². The van der Waals surface area contributed by atoms with Crippen LogP contribution in [0.15, 0.2) is 30.3 Å². The molecule has 20 heavy (non-hydrogen) atoms. The number of carbonyl (C=O) groups excluding carboxylic acids is 1. The van der Waals surface area contributed by atoms with Gasteiger partial charge in [0.25, 0.3) is 0 Å². The largest absolute Gasteiger partial charge is 0.297 e. The number of carbonyl (C=O) groups is 1. The number of anilines is 1. The maximum atomic E-state index is 13.4. The van der Waals surface area contributed by atoms with Crippen LogP contribution in [0.2, 0.25) is 0 Å². The molecule has 2 rings (SSSR count). The number of nitrogens with one attached hydrogen (secondary N) is 1. The topological polar surface area (TPSA) is 54.9 Å². The number of aromatic nitrogens is 2. The third kappa shape index (κ3) is 3.71. The van der Waals surface area contributed by atoms with Crippen LogP contribution in [0.25, 0.3) is 6.08 Å². The minimum Gasteiger partial charge on any atom is -0.297 e. The van der Waals surface area contributed by atoms with Crippen LogP contribution >= 0.6 is 11.3 Å². The van der Waals surface area contributed by atoms with E-state index in [0.717, 1.165) is 5.01 Å². The predicted molar refractivity (Wildman–Crippen MR) is 78.1 cm³/mol. The normalized spacial score (nSPS) is 11.2. The second-order valence-corrected chi connectivity index (χ2v) is 5.45. The highest BCUT2D eigenvalue weighted by molar-refractivity contribution is 7.15. The molecule has 0 aliphatic carbocycles. The van der Waals surface area contributed by atoms with Gasteiger partial charge in [-0.1, -0.05) is 43.4 Å². The van der Waals surface area contributed by atoms with E-state index in [2.05, 4.69) is 15.5 Å². The fourth-order valence-corrected chi connectivity index (χ4v) is 2.19. The van der Waals surface area contributed by atoms with Gasteiger partial charge in [0.2, 0.25) is 11.0 Å². The number of hydrogen-bond donors (Lipinski definition) is 1. The lowest BCUT2D eigenvalue weighted by atomic mass is 10.2. The molecule has 1 aromatic carbocycles. The molecule has 1 heterocycles. The molecule has 1 N–H and O–H groups in total. The summed E-state index contributed by atoms with van der Waals surface area (Å²) in [5.74, 6) is -0.457. The summed E-state index contributed by atoms with van der Waals surface area (Å²) in [4.78, 5) is 11.7. The molecule has 0 aliphatic rings. The summed E-state index contributed by atoms with van der Waals surface area (Å²) in [6, 6.07) is 6.25. The second-order valence-electron chi connectivity index (χ2n) is 4.44. The fraction of sp³-hybridized carbons (Fsp3) is 0.214. The molecule has 0 saturated heterocycles. The first-order chi connectivity index (χ1) is 9.56. The van der Waals surface area contributed by atoms with E-state index in [-0.39, 0.29) is 17.6 Å². The van der Waals surface area contributed by atoms with E-state index in [4.69, 9.17) is 0 Å². The Morgan fingerprint density at radius 2 is 2.10 bits per heavy atom. The highest BCUT2D eigenvalue weighted by atomic mass is 32.1. The van der Waals surface area contributed by atoms with E-state index in [1.54, 1.807) is 18.2 Å². The zero-order valence-corrected chi connectivity index (χ0v) is 11.9. The average molecular weight is 291 g/mol. The van der Waals surface area contributed by atoms with Gasteiger partial charge >= 0.3 is 0 Å². The molecular weight excluding hydrogens is 277 g/mol. The molecule has 104 valence electrons. The van der Waals surface area contributed by atoms with Crippen molar-refractivity contribution in [2.45, 2.75) is 19.8 Å². The predicted octanol–water partition coefficient (Wildman–Crippen LogP) is 3.45. The summed E-state index contributed by atoms with van der Waals surface area (Å²) in [6.07, 6.45) is 2.70. The lowest BCUT2D eigenvalue weighted by Crippen LogP contribution is -2.07. The third-order valence-electron chi connectivity index (χ3n) is 2.48. The summed E-state index contributed by atoms with van der Waals surface area (Å²) >= 11 is 1.33. The Kier molecular flexibility index (Phi) is 4.57. The number of rotatable bonds is 4. The molecule has 0 spiro atoms. The summed E-state index contributed by atoms with van der Waals surface area (Å²) in [5.41, 5.74) is 0.364. The van der Waals surface area contributed by atoms with Gasteiger partial charge in [0.1, 0.15) is 10.8 Å². The molecule has 0 bridgehead atoms. The van der Waals surface area contributed by atoms with E-state index in [9.17, 15) is 9.18 Å². The molecule has 0 fully saturated rings. The summed E-state index contributed by atoms with van der Waals surface area (Å²) in [5, 5.41) is 11.8. The maximum absolute atomic E-state index is 13.4. The summed E-state index contributed by atoms with van der Waals surface area (Å²) < 4.78 is 13.4. The Balaban J connectivity index is 2.00. The van der Waals surface area contributed by atoms with E-state index >= 15 is 0 Å². The van der Waals surface area contributed by atoms with Gasteiger partial charge in [-0.15, -0.1) is 10.2 Å². The first-order valence-corrected chi connectivity index (χ1v) is 6.95. The van der Waals surface area contributed by atoms with Gasteiger partial charge in [0.15, 0.2) is 0 Å². The monoisotopic (exact) mass is 291 g/mol. The van der Waals surface area contributed by atoms with Crippen LogP contribution in [-0.4, -0.2) is 16.1 Å². The van der Waals surface area contributed by atoms with Crippen LogP contribution in [0.3, 0.4) is 0 Å². The van der Waals surface area contributed by atoms with Gasteiger partial charge in [-0.05, 0) is 12.1 Å². The standard InChI is InChI=1S/C14H14FN3OS/c1-9(2)13-17-18-14(20-13)16-12(19)8-7-10-5-3-4-6-11(10)15/h3-9H,1-2H3,(H,16,18,19). The van der Waals surface area contributed by atoms with Gasteiger partial charge in [-0.25, -0.2) is 4.39 Å². The zero-order valence-electron chi connectivity index (χ0n) is 11.1. The van der Waals surface area contributed by atoms with Crippen molar-refractivity contribution in [2.75, 3.05) is 5.32 Å². The molecule has 1 amide bonds. The molecule has 0 atom stereocenters. The first kappa shape index (κ1) is 14.3. The summed E-state index contributed by atoms with van der Waals surface area (Å²) in [6.45, 7) is 4.01. The molecule has 6 heteroatoms. The van der Waals surface area contributed by atoms with Crippen molar-refractivity contribution in [2.24, 2.45) is 0 Å². The Labute approximate surface area is 120 Å². The fourth-order valence-electron chi connectivity index (χ4n) is 1.44. The Morgan fingerprint density at radius 1 is 1.35 bits per heavy atom. The first-order valence-electron chi connectivity index (χ1n) is 6.13. The van der Waals surface area contributed by atoms with E-state index in [0.29, 0.717) is 10.7 Å². The number of amides is 1. The van der Waals surface area contributed by atoms with Crippen LogP contribution in [0.1, 0.15) is 30.3 Å². The number of halogens is 1. The van der Waals surface area contributed by atoms with E-state index in [1.807, 2.05) is 13.8 Å². The number of hydrogen-bond acceptors (Lipinski definition) is 4. The molecule has 1 aromatic heterocycles. The molecule has 4 nitrogen and oxygen atoms in total. The molecule has 0 aliphatic heterocycles. The highest BCUT2D eigenvalue weighted by Crippen LogP contribution is 2.22. The lowest BCUT2D eigenvalue weighted by Gasteiger charge is -1.97. The van der Waals surface area contributed by atoms with Crippen molar-refractivity contribution in [3.8, 4) is 0 Å². The molecule has 0 radical (unpaired) electrons. The SMILES string of the molecule is CC(C)c1nnc(NC(=O)C=Cc2ccccc2F)s1. The molecule has 0 unspecified atom stereocenters. The molecule has 2 aromatic rings. The Bertz CT molecular complexity index is 637. The summed E-state index contributed by atoms with van der Waals surface area (Å²) in [7, 11) is 0. The van der Waals surface area contributed by atoms with Gasteiger partial charge in [0.05, 0.1) is 0 Å². The van der Waals surface area contributed by atoms with Gasteiger partial charge < -0.3 is 0 Å². The van der Waals surface area contributed by atoms with E-state index < -0.39 is 0 Å². The van der Waals surface area contributed by atoms with Gasteiger partial charge in [-0.3, -0.25) is 10.1 Å². The second kappa shape index (κ2) is 6.38. The van der Waals surface area contributed by atoms with Crippen molar-refractivity contribution in [1.82, 2.24) is 10.2 Å². The van der Waals surface area contributed by atoms with Crippen LogP contribution in [0, 0.1) is 5.82 Å². The number of nitrogens with zero attached hydrogens (tertiary/aromatic N) is 2. The van der Waals surface area contributed by atoms with Gasteiger partial charge in [0, 0.05) is 17.6 Å². The van der Waals surface area contributed by atoms with Crippen molar-refractivity contribution in [3.05, 3.63) is 46.7 Å². The van der Waals surface area contributed by atoms with Crippen molar-refractivity contribution in [1.29, 1.82) is 0 Å². The van der Waals surface area contributed by atoms with Crippen LogP contribution in [0.4, 0.5) is 9.52 Å². The third-order valence-corrected chi connectivity index (χ3v) is 3.62. The lowest BCUT2D eigenvalue weighted by molar-refractivity contribution is -0.111. The van der Waals surface area contributed by atoms with E-state index in [1.165, 1.54) is 29.6 Å². The molecular formula is C14H14FN3OS. The highest BCUT2D eigenvalue weighted by Gasteiger charge is 2.08. The van der Waals surface area contributed by atoms with Crippen LogP contribution < -0.4 is 5.32 Å². The zero-order chi connectivity index (χ0) is 14.5. The minimum absolute atomic E-state index is 0.270.